The molecule has 0 saturated carbocycles. The largest absolute Gasteiger partial charge is 0.339 e. The van der Waals surface area contributed by atoms with Crippen molar-refractivity contribution in [2.24, 2.45) is 5.92 Å². The second kappa shape index (κ2) is 5.90. The van der Waals surface area contributed by atoms with E-state index in [-0.39, 0.29) is 12.2 Å². The fourth-order valence-corrected chi connectivity index (χ4v) is 1.62. The highest BCUT2D eigenvalue weighted by Gasteiger charge is 2.12. The van der Waals surface area contributed by atoms with E-state index in [4.69, 9.17) is 4.52 Å². The summed E-state index contributed by atoms with van der Waals surface area (Å²) in [6, 6.07) is 0. The van der Waals surface area contributed by atoms with Crippen LogP contribution < -0.4 is 0 Å². The molecule has 0 aliphatic rings. The highest BCUT2D eigenvalue weighted by Crippen LogP contribution is 2.08. The first-order valence-electron chi connectivity index (χ1n) is 4.94. The smallest absolute Gasteiger partial charge is 0.234 e. The van der Waals surface area contributed by atoms with Gasteiger partial charge in [-0.15, -0.1) is 0 Å². The molecule has 0 saturated heterocycles. The normalized spacial score (nSPS) is 10.9. The molecule has 0 unspecified atom stereocenters. The molecule has 1 heterocycles. The summed E-state index contributed by atoms with van der Waals surface area (Å²) in [5, 5.41) is 3.78. The molecule has 0 spiro atoms. The second-order valence-electron chi connectivity index (χ2n) is 3.85. The van der Waals surface area contributed by atoms with Gasteiger partial charge in [-0.3, -0.25) is 4.79 Å². The van der Waals surface area contributed by atoms with Crippen LogP contribution in [0.2, 0.25) is 0 Å². The minimum Gasteiger partial charge on any atom is -0.339 e. The zero-order valence-corrected chi connectivity index (χ0v) is 10.1. The van der Waals surface area contributed by atoms with E-state index in [1.54, 1.807) is 11.8 Å². The molecule has 0 N–H and O–H groups in total. The third kappa shape index (κ3) is 4.46. The summed E-state index contributed by atoms with van der Waals surface area (Å²) in [5.41, 5.74) is 0. The molecule has 0 aliphatic carbocycles. The molecular formula is C10H16N2O2S. The first kappa shape index (κ1) is 12.2. The van der Waals surface area contributed by atoms with Crippen LogP contribution in [0, 0.1) is 5.92 Å². The summed E-state index contributed by atoms with van der Waals surface area (Å²) in [6.45, 7) is 4.04. The zero-order valence-electron chi connectivity index (χ0n) is 9.32. The van der Waals surface area contributed by atoms with Crippen molar-refractivity contribution in [3.8, 4) is 0 Å². The Hall–Kier alpha value is -0.840. The maximum absolute atomic E-state index is 11.5. The predicted octanol–water partition coefficient (Wildman–Crippen LogP) is 2.09. The molecule has 1 rings (SSSR count). The zero-order chi connectivity index (χ0) is 11.3. The Kier molecular flexibility index (Phi) is 4.81. The summed E-state index contributed by atoms with van der Waals surface area (Å²) in [7, 11) is 0. The molecule has 84 valence electrons. The van der Waals surface area contributed by atoms with Gasteiger partial charge in [-0.05, 0) is 12.2 Å². The van der Waals surface area contributed by atoms with Crippen LogP contribution >= 0.6 is 11.8 Å². The molecule has 0 radical (unpaired) electrons. The monoisotopic (exact) mass is 228 g/mol. The summed E-state index contributed by atoms with van der Waals surface area (Å²) in [6.07, 6.45) is 2.81. The third-order valence-electron chi connectivity index (χ3n) is 1.77. The number of carbonyl (C=O) groups is 1. The Morgan fingerprint density at radius 3 is 2.87 bits per heavy atom. The lowest BCUT2D eigenvalue weighted by molar-refractivity contribution is -0.119. The predicted molar refractivity (Wildman–Crippen MR) is 59.7 cm³/mol. The van der Waals surface area contributed by atoms with Crippen molar-refractivity contribution < 1.29 is 9.32 Å². The van der Waals surface area contributed by atoms with E-state index in [1.807, 2.05) is 20.1 Å². The Balaban J connectivity index is 2.46. The van der Waals surface area contributed by atoms with Gasteiger partial charge in [0.1, 0.15) is 5.78 Å². The van der Waals surface area contributed by atoms with E-state index in [9.17, 15) is 4.79 Å². The first-order valence-corrected chi connectivity index (χ1v) is 6.33. The molecule has 0 bridgehead atoms. The van der Waals surface area contributed by atoms with Gasteiger partial charge in [0, 0.05) is 6.42 Å². The van der Waals surface area contributed by atoms with E-state index in [1.165, 1.54) is 0 Å². The number of ketones is 1. The molecule has 4 nitrogen and oxygen atoms in total. The highest BCUT2D eigenvalue weighted by molar-refractivity contribution is 7.97. The Morgan fingerprint density at radius 2 is 2.27 bits per heavy atom. The average molecular weight is 228 g/mol. The number of nitrogens with zero attached hydrogens (tertiary/aromatic N) is 2. The van der Waals surface area contributed by atoms with Gasteiger partial charge in [-0.25, -0.2) is 0 Å². The van der Waals surface area contributed by atoms with Crippen molar-refractivity contribution in [1.29, 1.82) is 0 Å². The number of carbonyl (C=O) groups excluding carboxylic acids is 1. The lowest BCUT2D eigenvalue weighted by Crippen LogP contribution is -2.06. The van der Waals surface area contributed by atoms with E-state index in [2.05, 4.69) is 10.1 Å². The van der Waals surface area contributed by atoms with Gasteiger partial charge < -0.3 is 4.52 Å². The highest BCUT2D eigenvalue weighted by atomic mass is 32.2. The average Bonchev–Trinajstić information content (AvgIpc) is 2.51. The maximum atomic E-state index is 11.5. The van der Waals surface area contributed by atoms with Crippen molar-refractivity contribution in [3.63, 3.8) is 0 Å². The van der Waals surface area contributed by atoms with Gasteiger partial charge >= 0.3 is 0 Å². The number of thioether (sulfide) groups is 1. The van der Waals surface area contributed by atoms with Crippen molar-refractivity contribution >= 4 is 17.5 Å². The fourth-order valence-electron chi connectivity index (χ4n) is 1.25. The molecule has 5 heteroatoms. The van der Waals surface area contributed by atoms with Crippen molar-refractivity contribution in [1.82, 2.24) is 10.1 Å². The molecule has 0 aromatic carbocycles. The minimum absolute atomic E-state index is 0.157. The minimum atomic E-state index is 0.157. The molecule has 0 amide bonds. The number of rotatable bonds is 6. The first-order chi connectivity index (χ1) is 7.11. The molecule has 1 aromatic rings. The van der Waals surface area contributed by atoms with Crippen LogP contribution in [0.25, 0.3) is 0 Å². The number of hydrogen-bond donors (Lipinski definition) is 0. The summed E-state index contributed by atoms with van der Waals surface area (Å²) < 4.78 is 4.97. The number of hydrogen-bond acceptors (Lipinski definition) is 5. The standard InChI is InChI=1S/C10H16N2O2S/c1-7(2)4-8(13)5-10-11-9(6-15-3)12-14-10/h7H,4-6H2,1-3H3. The summed E-state index contributed by atoms with van der Waals surface area (Å²) in [5.74, 6) is 2.36. The topological polar surface area (TPSA) is 56.0 Å². The second-order valence-corrected chi connectivity index (χ2v) is 4.72. The van der Waals surface area contributed by atoms with Crippen LogP contribution in [0.4, 0.5) is 0 Å². The molecule has 0 fully saturated rings. The maximum Gasteiger partial charge on any atom is 0.234 e. The van der Waals surface area contributed by atoms with Gasteiger partial charge in [0.05, 0.1) is 12.2 Å². The summed E-state index contributed by atoms with van der Waals surface area (Å²) in [4.78, 5) is 15.6. The lowest BCUT2D eigenvalue weighted by Gasteiger charge is -1.99. The lowest BCUT2D eigenvalue weighted by atomic mass is 10.1. The van der Waals surface area contributed by atoms with Gasteiger partial charge in [-0.2, -0.15) is 16.7 Å². The Morgan fingerprint density at radius 1 is 1.53 bits per heavy atom. The van der Waals surface area contributed by atoms with Crippen LogP contribution in [0.1, 0.15) is 32.0 Å². The van der Waals surface area contributed by atoms with Crippen LogP contribution in [0.15, 0.2) is 4.52 Å². The van der Waals surface area contributed by atoms with E-state index < -0.39 is 0 Å². The van der Waals surface area contributed by atoms with E-state index in [0.29, 0.717) is 24.1 Å². The molecule has 15 heavy (non-hydrogen) atoms. The van der Waals surface area contributed by atoms with Gasteiger partial charge in [0.25, 0.3) is 0 Å². The third-order valence-corrected chi connectivity index (χ3v) is 2.31. The molecule has 0 aliphatic heterocycles. The van der Waals surface area contributed by atoms with Gasteiger partial charge in [0.2, 0.25) is 5.89 Å². The molecule has 1 aromatic heterocycles. The Labute approximate surface area is 93.8 Å². The van der Waals surface area contributed by atoms with Crippen molar-refractivity contribution in [2.45, 2.75) is 32.4 Å². The summed E-state index contributed by atoms with van der Waals surface area (Å²) >= 11 is 1.63. The number of Topliss-reactive ketones (excluding diaryl/α,β-unsaturated/α-hetero) is 1. The number of aromatic nitrogens is 2. The van der Waals surface area contributed by atoms with Crippen LogP contribution in [-0.2, 0) is 17.0 Å². The molecule has 0 atom stereocenters. The van der Waals surface area contributed by atoms with E-state index in [0.717, 1.165) is 5.75 Å². The van der Waals surface area contributed by atoms with Crippen LogP contribution in [0.5, 0.6) is 0 Å². The molecular weight excluding hydrogens is 212 g/mol. The van der Waals surface area contributed by atoms with Crippen molar-refractivity contribution in [3.05, 3.63) is 11.7 Å². The Bertz CT molecular complexity index is 323. The van der Waals surface area contributed by atoms with Gasteiger partial charge in [-0.1, -0.05) is 19.0 Å². The van der Waals surface area contributed by atoms with Crippen LogP contribution in [-0.4, -0.2) is 22.2 Å². The SMILES string of the molecule is CSCc1noc(CC(=O)CC(C)C)n1. The fraction of sp³-hybridized carbons (Fsp3) is 0.700. The van der Waals surface area contributed by atoms with Crippen LogP contribution in [0.3, 0.4) is 0 Å². The van der Waals surface area contributed by atoms with Gasteiger partial charge in [0.15, 0.2) is 5.82 Å². The van der Waals surface area contributed by atoms with Crippen molar-refractivity contribution in [2.75, 3.05) is 6.26 Å². The van der Waals surface area contributed by atoms with E-state index >= 15 is 0 Å². The quantitative estimate of drug-likeness (QED) is 0.746.